The molecule has 4 heteroatoms. The molecule has 1 heterocycles. The zero-order chi connectivity index (χ0) is 13.9. The van der Waals surface area contributed by atoms with Crippen molar-refractivity contribution in [2.24, 2.45) is 5.73 Å². The summed E-state index contributed by atoms with van der Waals surface area (Å²) in [6.07, 6.45) is 2.78. The Labute approximate surface area is 114 Å². The molecule has 0 spiro atoms. The minimum atomic E-state index is -0.0283. The predicted octanol–water partition coefficient (Wildman–Crippen LogP) is 2.71. The Kier molecular flexibility index (Phi) is 3.90. The summed E-state index contributed by atoms with van der Waals surface area (Å²) >= 11 is 0. The van der Waals surface area contributed by atoms with Crippen molar-refractivity contribution in [1.29, 1.82) is 0 Å². The van der Waals surface area contributed by atoms with Gasteiger partial charge in [-0.3, -0.25) is 0 Å². The van der Waals surface area contributed by atoms with E-state index >= 15 is 0 Å². The van der Waals surface area contributed by atoms with E-state index in [1.807, 2.05) is 30.5 Å². The van der Waals surface area contributed by atoms with Crippen LogP contribution in [0.5, 0.6) is 5.75 Å². The fourth-order valence-corrected chi connectivity index (χ4v) is 2.06. The second-order valence-corrected chi connectivity index (χ2v) is 5.30. The molecule has 2 aromatic rings. The molecule has 2 rings (SSSR count). The highest BCUT2D eigenvalue weighted by molar-refractivity contribution is 5.59. The average molecular weight is 259 g/mol. The molecule has 0 fully saturated rings. The fourth-order valence-electron chi connectivity index (χ4n) is 2.06. The normalized spacial score (nSPS) is 11.6. The molecule has 0 saturated carbocycles. The molecule has 0 aliphatic heterocycles. The van der Waals surface area contributed by atoms with Crippen molar-refractivity contribution in [3.05, 3.63) is 36.3 Å². The molecule has 1 aromatic carbocycles. The number of rotatable bonds is 5. The monoisotopic (exact) mass is 259 g/mol. The molecule has 19 heavy (non-hydrogen) atoms. The third-order valence-corrected chi connectivity index (χ3v) is 3.39. The van der Waals surface area contributed by atoms with E-state index in [2.05, 4.69) is 23.8 Å². The van der Waals surface area contributed by atoms with Gasteiger partial charge < -0.3 is 15.5 Å². The Balaban J connectivity index is 2.25. The first-order valence-corrected chi connectivity index (χ1v) is 6.47. The number of benzene rings is 1. The van der Waals surface area contributed by atoms with Crippen molar-refractivity contribution in [2.75, 3.05) is 13.7 Å². The molecule has 1 aromatic heterocycles. The van der Waals surface area contributed by atoms with Gasteiger partial charge in [-0.2, -0.15) is 0 Å². The molecule has 4 nitrogen and oxygen atoms in total. The average Bonchev–Trinajstić information content (AvgIpc) is 2.89. The first-order valence-electron chi connectivity index (χ1n) is 6.47. The molecule has 0 amide bonds. The van der Waals surface area contributed by atoms with Crippen LogP contribution in [-0.2, 0) is 5.41 Å². The number of nitrogens with two attached hydrogens (primary N) is 1. The van der Waals surface area contributed by atoms with Crippen LogP contribution in [0.4, 0.5) is 0 Å². The quantitative estimate of drug-likeness (QED) is 0.867. The lowest BCUT2D eigenvalue weighted by Gasteiger charge is -2.20. The van der Waals surface area contributed by atoms with Gasteiger partial charge in [-0.05, 0) is 42.8 Å². The smallest absolute Gasteiger partial charge is 0.118 e. The number of hydrogen-bond donors (Lipinski definition) is 2. The van der Waals surface area contributed by atoms with Crippen LogP contribution in [0.2, 0.25) is 0 Å². The van der Waals surface area contributed by atoms with Crippen LogP contribution in [0.25, 0.3) is 11.3 Å². The van der Waals surface area contributed by atoms with Crippen molar-refractivity contribution in [3.8, 4) is 17.0 Å². The van der Waals surface area contributed by atoms with Crippen LogP contribution in [0.15, 0.2) is 30.5 Å². The van der Waals surface area contributed by atoms with E-state index in [0.29, 0.717) is 6.54 Å². The lowest BCUT2D eigenvalue weighted by Crippen LogP contribution is -2.23. The van der Waals surface area contributed by atoms with Gasteiger partial charge in [0.25, 0.3) is 0 Å². The van der Waals surface area contributed by atoms with Crippen LogP contribution < -0.4 is 10.5 Å². The lowest BCUT2D eigenvalue weighted by atomic mass is 9.88. The van der Waals surface area contributed by atoms with Crippen LogP contribution in [-0.4, -0.2) is 23.6 Å². The van der Waals surface area contributed by atoms with Crippen molar-refractivity contribution < 1.29 is 4.74 Å². The Morgan fingerprint density at radius 2 is 1.95 bits per heavy atom. The van der Waals surface area contributed by atoms with E-state index < -0.39 is 0 Å². The molecule has 0 aliphatic carbocycles. The summed E-state index contributed by atoms with van der Waals surface area (Å²) in [5, 5.41) is 0. The van der Waals surface area contributed by atoms with E-state index in [9.17, 15) is 0 Å². The van der Waals surface area contributed by atoms with Crippen molar-refractivity contribution in [1.82, 2.24) is 9.97 Å². The number of nitrogens with one attached hydrogen (secondary N) is 1. The lowest BCUT2D eigenvalue weighted by molar-refractivity contribution is 0.415. The van der Waals surface area contributed by atoms with Gasteiger partial charge in [-0.15, -0.1) is 0 Å². The highest BCUT2D eigenvalue weighted by Gasteiger charge is 2.23. The van der Waals surface area contributed by atoms with E-state index in [0.717, 1.165) is 29.3 Å². The maximum atomic E-state index is 5.65. The highest BCUT2D eigenvalue weighted by atomic mass is 16.5. The summed E-state index contributed by atoms with van der Waals surface area (Å²) in [6, 6.07) is 7.93. The molecule has 0 radical (unpaired) electrons. The minimum Gasteiger partial charge on any atom is -0.497 e. The van der Waals surface area contributed by atoms with Crippen molar-refractivity contribution >= 4 is 0 Å². The maximum absolute atomic E-state index is 5.65. The van der Waals surface area contributed by atoms with Crippen LogP contribution in [0, 0.1) is 0 Å². The molecular formula is C15H21N3O. The van der Waals surface area contributed by atoms with Crippen LogP contribution in [0.3, 0.4) is 0 Å². The van der Waals surface area contributed by atoms with E-state index in [1.165, 1.54) is 0 Å². The fraction of sp³-hybridized carbons (Fsp3) is 0.400. The molecule has 3 N–H and O–H groups in total. The Morgan fingerprint density at radius 1 is 1.26 bits per heavy atom. The van der Waals surface area contributed by atoms with Gasteiger partial charge in [-0.1, -0.05) is 13.8 Å². The Bertz CT molecular complexity index is 529. The van der Waals surface area contributed by atoms with Gasteiger partial charge in [0.2, 0.25) is 0 Å². The topological polar surface area (TPSA) is 63.9 Å². The third-order valence-electron chi connectivity index (χ3n) is 3.39. The molecule has 0 bridgehead atoms. The van der Waals surface area contributed by atoms with E-state index in [1.54, 1.807) is 7.11 Å². The van der Waals surface area contributed by atoms with Gasteiger partial charge in [0.1, 0.15) is 11.6 Å². The number of hydrogen-bond acceptors (Lipinski definition) is 3. The van der Waals surface area contributed by atoms with Gasteiger partial charge in [0.05, 0.1) is 19.0 Å². The molecular weight excluding hydrogens is 238 g/mol. The summed E-state index contributed by atoms with van der Waals surface area (Å²) in [7, 11) is 1.67. The SMILES string of the molecule is COc1ccc(-c2cnc(C(C)(C)CCN)[nH]2)cc1. The van der Waals surface area contributed by atoms with E-state index in [4.69, 9.17) is 10.5 Å². The zero-order valence-corrected chi connectivity index (χ0v) is 11.7. The molecule has 0 aliphatic rings. The van der Waals surface area contributed by atoms with E-state index in [-0.39, 0.29) is 5.41 Å². The number of H-pyrrole nitrogens is 1. The zero-order valence-electron chi connectivity index (χ0n) is 11.7. The summed E-state index contributed by atoms with van der Waals surface area (Å²) in [5.74, 6) is 1.83. The Morgan fingerprint density at radius 3 is 2.53 bits per heavy atom. The third kappa shape index (κ3) is 2.96. The van der Waals surface area contributed by atoms with Gasteiger partial charge in [0, 0.05) is 5.41 Å². The van der Waals surface area contributed by atoms with Gasteiger partial charge >= 0.3 is 0 Å². The molecule has 0 saturated heterocycles. The predicted molar refractivity (Wildman–Crippen MR) is 77.3 cm³/mol. The second kappa shape index (κ2) is 5.45. The highest BCUT2D eigenvalue weighted by Crippen LogP contribution is 2.27. The van der Waals surface area contributed by atoms with Crippen molar-refractivity contribution in [2.45, 2.75) is 25.7 Å². The van der Waals surface area contributed by atoms with Crippen molar-refractivity contribution in [3.63, 3.8) is 0 Å². The minimum absolute atomic E-state index is 0.0283. The van der Waals surface area contributed by atoms with Gasteiger partial charge in [0.15, 0.2) is 0 Å². The van der Waals surface area contributed by atoms with Crippen LogP contribution in [0.1, 0.15) is 26.1 Å². The molecule has 102 valence electrons. The number of aromatic nitrogens is 2. The number of aromatic amines is 1. The first-order chi connectivity index (χ1) is 9.06. The van der Waals surface area contributed by atoms with Crippen LogP contribution >= 0.6 is 0 Å². The standard InChI is InChI=1S/C15H21N3O/c1-15(2,8-9-16)14-17-10-13(18-14)11-4-6-12(19-3)7-5-11/h4-7,10H,8-9,16H2,1-3H3,(H,17,18). The number of imidazole rings is 1. The summed E-state index contributed by atoms with van der Waals surface area (Å²) in [6.45, 7) is 4.96. The first kappa shape index (κ1) is 13.6. The number of ether oxygens (including phenoxy) is 1. The Hall–Kier alpha value is -1.81. The van der Waals surface area contributed by atoms with Gasteiger partial charge in [-0.25, -0.2) is 4.98 Å². The second-order valence-electron chi connectivity index (χ2n) is 5.30. The molecule has 0 unspecified atom stereocenters. The number of nitrogens with zero attached hydrogens (tertiary/aromatic N) is 1. The maximum Gasteiger partial charge on any atom is 0.118 e. The summed E-state index contributed by atoms with van der Waals surface area (Å²) in [5.41, 5.74) is 7.73. The largest absolute Gasteiger partial charge is 0.497 e. The summed E-state index contributed by atoms with van der Waals surface area (Å²) in [4.78, 5) is 7.87. The number of methoxy groups -OCH3 is 1. The molecule has 0 atom stereocenters. The summed E-state index contributed by atoms with van der Waals surface area (Å²) < 4.78 is 5.16.